The smallest absolute Gasteiger partial charge is 0.241 e. The van der Waals surface area contributed by atoms with Crippen LogP contribution in [0.15, 0.2) is 28.0 Å². The molecule has 1 aromatic carbocycles. The maximum absolute atomic E-state index is 12.5. The first kappa shape index (κ1) is 16.9. The Kier molecular flexibility index (Phi) is 5.05. The molecule has 2 N–H and O–H groups in total. The number of rotatable bonds is 6. The lowest BCUT2D eigenvalue weighted by molar-refractivity contribution is 0.520. The maximum Gasteiger partial charge on any atom is 0.241 e. The molecule has 1 heterocycles. The van der Waals surface area contributed by atoms with Crippen LogP contribution in [0, 0.1) is 0 Å². The normalized spacial score (nSPS) is 21.8. The quantitative estimate of drug-likeness (QED) is 0.743. The summed E-state index contributed by atoms with van der Waals surface area (Å²) < 4.78 is 39.9. The Morgan fingerprint density at radius 2 is 2.00 bits per heavy atom. The van der Waals surface area contributed by atoms with Gasteiger partial charge in [-0.1, -0.05) is 18.9 Å². The number of nitrogens with one attached hydrogen (secondary N) is 2. The molecule has 1 aliphatic carbocycles. The summed E-state index contributed by atoms with van der Waals surface area (Å²) in [7, 11) is -3.13. The predicted molar refractivity (Wildman–Crippen MR) is 91.6 cm³/mol. The summed E-state index contributed by atoms with van der Waals surface area (Å²) in [5.74, 6) is 0.338. The van der Waals surface area contributed by atoms with E-state index in [0.29, 0.717) is 29.9 Å². The average molecular weight is 358 g/mol. The Labute approximate surface area is 140 Å². The minimum absolute atomic E-state index is 0.138. The first-order valence-electron chi connectivity index (χ1n) is 7.94. The second-order valence-corrected chi connectivity index (χ2v) is 9.20. The molecular formula is C15H23N3O3S2. The molecule has 0 radical (unpaired) electrons. The molecule has 1 fully saturated rings. The number of anilines is 1. The molecule has 0 amide bonds. The van der Waals surface area contributed by atoms with Crippen LogP contribution in [0.2, 0.25) is 0 Å². The first-order valence-corrected chi connectivity index (χ1v) is 10.7. The summed E-state index contributed by atoms with van der Waals surface area (Å²) in [6.07, 6.45) is 4.84. The van der Waals surface area contributed by atoms with Gasteiger partial charge in [0.05, 0.1) is 27.3 Å². The minimum atomic E-state index is -3.65. The highest BCUT2D eigenvalue weighted by Crippen LogP contribution is 2.35. The molecule has 0 saturated heterocycles. The number of fused-ring (bicyclic) bond motifs is 1. The Morgan fingerprint density at radius 1 is 1.26 bits per heavy atom. The molecule has 0 bridgehead atoms. The lowest BCUT2D eigenvalue weighted by Gasteiger charge is -2.14. The molecule has 128 valence electrons. The van der Waals surface area contributed by atoms with Crippen molar-refractivity contribution in [1.82, 2.24) is 10.0 Å². The van der Waals surface area contributed by atoms with Gasteiger partial charge in [0, 0.05) is 26.2 Å². The van der Waals surface area contributed by atoms with E-state index < -0.39 is 20.8 Å². The van der Waals surface area contributed by atoms with Gasteiger partial charge in [0.1, 0.15) is 4.90 Å². The average Bonchev–Trinajstić information content (AvgIpc) is 3.13. The molecule has 23 heavy (non-hydrogen) atoms. The first-order chi connectivity index (χ1) is 11.0. The monoisotopic (exact) mass is 357 g/mol. The molecule has 1 aliphatic heterocycles. The van der Waals surface area contributed by atoms with Gasteiger partial charge < -0.3 is 10.2 Å². The lowest BCUT2D eigenvalue weighted by Crippen LogP contribution is -2.36. The van der Waals surface area contributed by atoms with Gasteiger partial charge in [0.15, 0.2) is 0 Å². The largest absolute Gasteiger partial charge is 0.361 e. The zero-order valence-electron chi connectivity index (χ0n) is 13.2. The second-order valence-electron chi connectivity index (χ2n) is 6.11. The molecule has 1 atom stereocenters. The highest BCUT2D eigenvalue weighted by Gasteiger charge is 2.30. The number of sulfonamides is 1. The molecule has 1 saturated carbocycles. The van der Waals surface area contributed by atoms with Crippen molar-refractivity contribution in [3.05, 3.63) is 18.2 Å². The predicted octanol–water partition coefficient (Wildman–Crippen LogP) is 1.01. The number of nitrogens with zero attached hydrogens (tertiary/aromatic N) is 1. The third-order valence-electron chi connectivity index (χ3n) is 4.40. The molecule has 6 nitrogen and oxygen atoms in total. The van der Waals surface area contributed by atoms with Crippen LogP contribution >= 0.6 is 0 Å². The molecule has 1 aromatic rings. The van der Waals surface area contributed by atoms with Crippen LogP contribution < -0.4 is 14.9 Å². The van der Waals surface area contributed by atoms with Crippen LogP contribution in [-0.2, 0) is 20.8 Å². The topological polar surface area (TPSA) is 78.5 Å². The van der Waals surface area contributed by atoms with E-state index in [1.54, 1.807) is 12.1 Å². The Bertz CT molecular complexity index is 700. The van der Waals surface area contributed by atoms with Gasteiger partial charge in [-0.3, -0.25) is 4.21 Å². The van der Waals surface area contributed by atoms with Gasteiger partial charge in [-0.05, 0) is 25.0 Å². The van der Waals surface area contributed by atoms with Crippen LogP contribution in [0.25, 0.3) is 0 Å². The molecular weight excluding hydrogens is 334 g/mol. The third-order valence-corrected chi connectivity index (χ3v) is 7.54. The number of benzene rings is 1. The van der Waals surface area contributed by atoms with Crippen molar-refractivity contribution in [2.45, 2.75) is 41.5 Å². The molecule has 0 spiro atoms. The Morgan fingerprint density at radius 3 is 2.74 bits per heavy atom. The van der Waals surface area contributed by atoms with Crippen molar-refractivity contribution in [2.24, 2.45) is 0 Å². The second kappa shape index (κ2) is 6.88. The van der Waals surface area contributed by atoms with Gasteiger partial charge in [-0.15, -0.1) is 0 Å². The summed E-state index contributed by atoms with van der Waals surface area (Å²) in [6.45, 7) is 0.951. The molecule has 0 aromatic heterocycles. The van der Waals surface area contributed by atoms with Gasteiger partial charge in [-0.2, -0.15) is 0 Å². The van der Waals surface area contributed by atoms with E-state index in [9.17, 15) is 12.6 Å². The van der Waals surface area contributed by atoms with E-state index in [1.807, 2.05) is 11.9 Å². The summed E-state index contributed by atoms with van der Waals surface area (Å²) in [6, 6.07) is 5.55. The van der Waals surface area contributed by atoms with E-state index in [4.69, 9.17) is 0 Å². The SMILES string of the molecule is CN1CS(=O)c2c1cccc2S(=O)(=O)NCCNC1CCCC1. The van der Waals surface area contributed by atoms with E-state index in [1.165, 1.54) is 31.7 Å². The molecule has 8 heteroatoms. The fourth-order valence-electron chi connectivity index (χ4n) is 3.22. The van der Waals surface area contributed by atoms with Crippen molar-refractivity contribution < 1.29 is 12.6 Å². The van der Waals surface area contributed by atoms with Gasteiger partial charge in [-0.25, -0.2) is 13.1 Å². The van der Waals surface area contributed by atoms with Crippen molar-refractivity contribution in [3.8, 4) is 0 Å². The van der Waals surface area contributed by atoms with Crippen molar-refractivity contribution in [2.75, 3.05) is 30.9 Å². The summed E-state index contributed by atoms with van der Waals surface area (Å²) in [4.78, 5) is 2.39. The van der Waals surface area contributed by atoms with Gasteiger partial charge in [0.2, 0.25) is 10.0 Å². The molecule has 1 unspecified atom stereocenters. The highest BCUT2D eigenvalue weighted by molar-refractivity contribution is 7.91. The molecule has 2 aliphatic rings. The Hall–Kier alpha value is -0.960. The fraction of sp³-hybridized carbons (Fsp3) is 0.600. The summed E-state index contributed by atoms with van der Waals surface area (Å²) >= 11 is 0. The van der Waals surface area contributed by atoms with Crippen LogP contribution in [-0.4, -0.2) is 44.7 Å². The standard InChI is InChI=1S/C15H23N3O3S2/c1-18-11-22(19)15-13(18)7-4-8-14(15)23(20,21)17-10-9-16-12-5-2-3-6-12/h4,7-8,12,16-17H,2-3,5-6,9-11H2,1H3. The van der Waals surface area contributed by atoms with Crippen molar-refractivity contribution in [1.29, 1.82) is 0 Å². The van der Waals surface area contributed by atoms with Crippen LogP contribution in [0.3, 0.4) is 0 Å². The minimum Gasteiger partial charge on any atom is -0.361 e. The lowest BCUT2D eigenvalue weighted by atomic mass is 10.2. The number of hydrogen-bond acceptors (Lipinski definition) is 5. The van der Waals surface area contributed by atoms with E-state index in [-0.39, 0.29) is 4.90 Å². The van der Waals surface area contributed by atoms with E-state index in [0.717, 1.165) is 5.69 Å². The zero-order valence-corrected chi connectivity index (χ0v) is 14.9. The highest BCUT2D eigenvalue weighted by atomic mass is 32.2. The van der Waals surface area contributed by atoms with Crippen LogP contribution in [0.5, 0.6) is 0 Å². The van der Waals surface area contributed by atoms with E-state index >= 15 is 0 Å². The number of hydrogen-bond donors (Lipinski definition) is 2. The van der Waals surface area contributed by atoms with Gasteiger partial charge >= 0.3 is 0 Å². The van der Waals surface area contributed by atoms with Crippen molar-refractivity contribution >= 4 is 26.5 Å². The van der Waals surface area contributed by atoms with Crippen LogP contribution in [0.1, 0.15) is 25.7 Å². The van der Waals surface area contributed by atoms with E-state index in [2.05, 4.69) is 10.0 Å². The van der Waals surface area contributed by atoms with Crippen molar-refractivity contribution in [3.63, 3.8) is 0 Å². The third kappa shape index (κ3) is 3.60. The fourth-order valence-corrected chi connectivity index (χ4v) is 6.33. The summed E-state index contributed by atoms with van der Waals surface area (Å²) in [5.41, 5.74) is 0.732. The zero-order chi connectivity index (χ0) is 16.4. The summed E-state index contributed by atoms with van der Waals surface area (Å²) in [5, 5.41) is 3.38. The van der Waals surface area contributed by atoms with Crippen LogP contribution in [0.4, 0.5) is 5.69 Å². The Balaban J connectivity index is 1.67. The molecule has 3 rings (SSSR count). The maximum atomic E-state index is 12.5. The van der Waals surface area contributed by atoms with Gasteiger partial charge in [0.25, 0.3) is 0 Å².